The molecule has 6 aliphatic rings. The number of hydrogen-bond acceptors (Lipinski definition) is 0. The van der Waals surface area contributed by atoms with Gasteiger partial charge in [-0.1, -0.05) is 196 Å². The lowest BCUT2D eigenvalue weighted by Crippen LogP contribution is -2.46. The summed E-state index contributed by atoms with van der Waals surface area (Å²) >= 11 is 0. The van der Waals surface area contributed by atoms with Crippen LogP contribution >= 0.6 is 0 Å². The lowest BCUT2D eigenvalue weighted by Gasteiger charge is -2.43. The average Bonchev–Trinajstić information content (AvgIpc) is 4.14. The van der Waals surface area contributed by atoms with Crippen LogP contribution in [-0.4, -0.2) is 16.1 Å². The zero-order valence-corrected chi connectivity index (χ0v) is 38.9. The molecular weight excluding hydrogens is 798 g/mol. The Morgan fingerprint density at radius 2 is 0.661 bits per heavy atom. The van der Waals surface area contributed by atoms with Gasteiger partial charge in [0.15, 0.2) is 0 Å². The molecule has 0 aromatic heterocycles. The van der Waals surface area contributed by atoms with Gasteiger partial charge in [-0.05, 0) is 113 Å². The molecule has 0 heterocycles. The second kappa shape index (κ2) is 16.8. The molecular formula is C57H65F3Si2. The zero-order valence-electron chi connectivity index (χ0n) is 36.9. The second-order valence-electron chi connectivity index (χ2n) is 21.2. The number of benzene rings is 5. The third-order valence-electron chi connectivity index (χ3n) is 18.3. The number of fused-ring (bicyclic) bond motifs is 4. The summed E-state index contributed by atoms with van der Waals surface area (Å²) in [7, 11) is -4.22. The second-order valence-corrected chi connectivity index (χ2v) is 30.3. The van der Waals surface area contributed by atoms with Crippen molar-refractivity contribution < 1.29 is 13.2 Å². The molecule has 0 bridgehead atoms. The first-order valence-electron chi connectivity index (χ1n) is 25.3. The van der Waals surface area contributed by atoms with Crippen LogP contribution in [0.15, 0.2) is 66.7 Å². The monoisotopic (exact) mass is 862 g/mol. The minimum Gasteiger partial charge on any atom is -0.166 e. The molecule has 0 amide bonds. The highest BCUT2D eigenvalue weighted by Crippen LogP contribution is 2.60. The van der Waals surface area contributed by atoms with Crippen molar-refractivity contribution in [1.29, 1.82) is 0 Å². The van der Waals surface area contributed by atoms with Crippen LogP contribution in [0.4, 0.5) is 13.2 Å². The Labute approximate surface area is 370 Å². The molecule has 0 N–H and O–H groups in total. The minimum absolute atomic E-state index is 0.584. The van der Waals surface area contributed by atoms with E-state index in [4.69, 9.17) is 0 Å². The predicted molar refractivity (Wildman–Crippen MR) is 260 cm³/mol. The highest BCUT2D eigenvalue weighted by Gasteiger charge is 2.55. The van der Waals surface area contributed by atoms with Crippen LogP contribution in [-0.2, 0) is 6.18 Å². The molecule has 0 spiro atoms. The number of halogens is 3. The largest absolute Gasteiger partial charge is 0.416 e. The Kier molecular flexibility index (Phi) is 11.2. The summed E-state index contributed by atoms with van der Waals surface area (Å²) in [5, 5.41) is 8.37. The van der Waals surface area contributed by atoms with Crippen molar-refractivity contribution in [1.82, 2.24) is 0 Å². The van der Waals surface area contributed by atoms with Crippen molar-refractivity contribution in [2.45, 2.75) is 194 Å². The van der Waals surface area contributed by atoms with E-state index in [1.807, 2.05) is 0 Å². The molecule has 5 heteroatoms. The summed E-state index contributed by atoms with van der Waals surface area (Å²) in [6.45, 7) is 0. The quantitative estimate of drug-likeness (QED) is 0.0906. The predicted octanol–water partition coefficient (Wildman–Crippen LogP) is 17.7. The average molecular weight is 863 g/mol. The highest BCUT2D eigenvalue weighted by molar-refractivity contribution is 6.91. The molecule has 6 saturated carbocycles. The normalized spacial score (nSPS) is 21.9. The molecule has 11 rings (SSSR count). The third-order valence-corrected chi connectivity index (χ3v) is 30.9. The fourth-order valence-corrected chi connectivity index (χ4v) is 29.6. The molecule has 322 valence electrons. The Morgan fingerprint density at radius 1 is 0.371 bits per heavy atom. The maximum absolute atomic E-state index is 14.4. The molecule has 0 aliphatic heterocycles. The van der Waals surface area contributed by atoms with Gasteiger partial charge < -0.3 is 0 Å². The van der Waals surface area contributed by atoms with E-state index < -0.39 is 27.9 Å². The summed E-state index contributed by atoms with van der Waals surface area (Å²) in [4.78, 5) is 0. The van der Waals surface area contributed by atoms with E-state index >= 15 is 0 Å². The smallest absolute Gasteiger partial charge is 0.166 e. The molecule has 62 heavy (non-hydrogen) atoms. The Morgan fingerprint density at radius 3 is 0.968 bits per heavy atom. The summed E-state index contributed by atoms with van der Waals surface area (Å²) in [6, 6.07) is 22.2. The van der Waals surface area contributed by atoms with Crippen molar-refractivity contribution in [2.75, 3.05) is 0 Å². The molecule has 0 nitrogen and oxygen atoms in total. The number of rotatable bonds is 6. The van der Waals surface area contributed by atoms with Crippen LogP contribution in [0.3, 0.4) is 0 Å². The van der Waals surface area contributed by atoms with Gasteiger partial charge in [0.25, 0.3) is 0 Å². The first kappa shape index (κ1) is 41.2. The molecule has 5 aromatic rings. The maximum atomic E-state index is 14.4. The molecule has 0 radical (unpaired) electrons. The fraction of sp³-hybridized carbons (Fsp3) is 0.544. The molecule has 0 unspecified atom stereocenters. The SMILES string of the molecule is FC(F)(F)c1ccc2cc3c(C#C[Si](C4CCCC4)(C4CCCC4)C4CCCC4)c4cc5ccccc5cc4c(C#C[Si](C4CCCC4)(C4CCCC4)C4CCCC4)c3cc2c1. The van der Waals surface area contributed by atoms with Crippen LogP contribution in [0, 0.1) is 22.9 Å². The van der Waals surface area contributed by atoms with Crippen molar-refractivity contribution in [3.05, 3.63) is 83.4 Å². The molecule has 6 aliphatic carbocycles. The number of alkyl halides is 3. The first-order valence-corrected chi connectivity index (χ1v) is 29.8. The van der Waals surface area contributed by atoms with Gasteiger partial charge in [-0.2, -0.15) is 13.2 Å². The fourth-order valence-electron chi connectivity index (χ4n) is 15.5. The van der Waals surface area contributed by atoms with Crippen LogP contribution < -0.4 is 0 Å². The lowest BCUT2D eigenvalue weighted by atomic mass is 9.88. The lowest BCUT2D eigenvalue weighted by molar-refractivity contribution is -0.137. The third kappa shape index (κ3) is 7.10. The van der Waals surface area contributed by atoms with Crippen molar-refractivity contribution >= 4 is 59.2 Å². The summed E-state index contributed by atoms with van der Waals surface area (Å²) < 4.78 is 43.2. The molecule has 5 aromatic carbocycles. The topological polar surface area (TPSA) is 0 Å². The van der Waals surface area contributed by atoms with Crippen molar-refractivity contribution in [2.24, 2.45) is 0 Å². The molecule has 0 saturated heterocycles. The van der Waals surface area contributed by atoms with Crippen LogP contribution in [0.1, 0.15) is 171 Å². The molecule has 0 atom stereocenters. The Hall–Kier alpha value is -3.52. The van der Waals surface area contributed by atoms with Crippen LogP contribution in [0.25, 0.3) is 43.1 Å². The van der Waals surface area contributed by atoms with E-state index in [9.17, 15) is 13.2 Å². The van der Waals surface area contributed by atoms with Gasteiger partial charge in [0, 0.05) is 11.1 Å². The standard InChI is InChI=1S/C57H65F3Si2/c58-57(59,60)44-30-29-42-38-55-51(31-33-61(45-17-3-4-18-45,46-19-5-6-20-46)47-21-7-8-22-47)53-36-40-15-1-2-16-41(40)37-54(53)52(56(55)39-43(42)35-44)32-34-62(48-23-9-10-24-48,49-25-11-12-26-49)50-27-13-14-28-50/h1-2,15-16,29-30,35-39,45-50H,3-14,17-28H2. The van der Waals surface area contributed by atoms with E-state index in [0.29, 0.717) is 5.39 Å². The van der Waals surface area contributed by atoms with Gasteiger partial charge in [0.2, 0.25) is 0 Å². The van der Waals surface area contributed by atoms with Gasteiger partial charge >= 0.3 is 6.18 Å². The summed E-state index contributed by atoms with van der Waals surface area (Å²) in [5.41, 5.74) is 15.1. The van der Waals surface area contributed by atoms with Crippen LogP contribution in [0.2, 0.25) is 33.2 Å². The van der Waals surface area contributed by atoms with E-state index in [-0.39, 0.29) is 0 Å². The van der Waals surface area contributed by atoms with E-state index in [2.05, 4.69) is 71.5 Å². The molecule has 6 fully saturated rings. The van der Waals surface area contributed by atoms with Gasteiger partial charge in [-0.3, -0.25) is 0 Å². The van der Waals surface area contributed by atoms with Crippen molar-refractivity contribution in [3.8, 4) is 22.9 Å². The van der Waals surface area contributed by atoms with E-state index in [1.165, 1.54) is 182 Å². The van der Waals surface area contributed by atoms with E-state index in [0.717, 1.165) is 65.9 Å². The maximum Gasteiger partial charge on any atom is 0.416 e. The van der Waals surface area contributed by atoms with Crippen molar-refractivity contribution in [3.63, 3.8) is 0 Å². The van der Waals surface area contributed by atoms with Crippen LogP contribution in [0.5, 0.6) is 0 Å². The minimum atomic E-state index is -4.41. The van der Waals surface area contributed by atoms with Gasteiger partial charge in [0.1, 0.15) is 16.1 Å². The van der Waals surface area contributed by atoms with Gasteiger partial charge in [0.05, 0.1) is 5.56 Å². The van der Waals surface area contributed by atoms with Gasteiger partial charge in [-0.15, -0.1) is 11.1 Å². The Balaban J connectivity index is 1.23. The van der Waals surface area contributed by atoms with E-state index in [1.54, 1.807) is 6.07 Å². The zero-order chi connectivity index (χ0) is 41.9. The highest BCUT2D eigenvalue weighted by atomic mass is 28.3. The first-order chi connectivity index (χ1) is 30.3. The number of hydrogen-bond donors (Lipinski definition) is 0. The summed E-state index contributed by atoms with van der Waals surface area (Å²) in [6.07, 6.45) is 27.9. The van der Waals surface area contributed by atoms with Gasteiger partial charge in [-0.25, -0.2) is 0 Å². The Bertz CT molecular complexity index is 2520. The summed E-state index contributed by atoms with van der Waals surface area (Å²) in [5.74, 6) is 8.35.